The lowest BCUT2D eigenvalue weighted by molar-refractivity contribution is -0.895. The van der Waals surface area contributed by atoms with Crippen molar-refractivity contribution >= 4 is 11.9 Å². The predicted octanol–water partition coefficient (Wildman–Crippen LogP) is 1.91. The molecule has 158 valence electrons. The fourth-order valence-corrected chi connectivity index (χ4v) is 4.15. The fraction of sp³-hybridized carbons (Fsp3) is 0.348. The molecule has 2 aliphatic heterocycles. The zero-order chi connectivity index (χ0) is 21.3. The zero-order valence-corrected chi connectivity index (χ0v) is 17.7. The van der Waals surface area contributed by atoms with Crippen LogP contribution >= 0.6 is 0 Å². The molecule has 30 heavy (non-hydrogen) atoms. The van der Waals surface area contributed by atoms with Crippen molar-refractivity contribution in [1.29, 1.82) is 0 Å². The molecule has 2 heterocycles. The molecule has 0 saturated carbocycles. The van der Waals surface area contributed by atoms with Crippen molar-refractivity contribution in [1.82, 2.24) is 0 Å². The summed E-state index contributed by atoms with van der Waals surface area (Å²) in [7, 11) is 6.91. The number of carbonyl (C=O) groups excluding carboxylic acids is 1. The highest BCUT2D eigenvalue weighted by Gasteiger charge is 2.35. The highest BCUT2D eigenvalue weighted by Crippen LogP contribution is 2.49. The minimum Gasteiger partial charge on any atom is -0.493 e. The van der Waals surface area contributed by atoms with Gasteiger partial charge in [0.2, 0.25) is 12.5 Å². The quantitative estimate of drug-likeness (QED) is 0.578. The molecule has 1 atom stereocenters. The molecule has 1 N–H and O–H groups in total. The second-order valence-electron chi connectivity index (χ2n) is 7.34. The largest absolute Gasteiger partial charge is 0.493 e. The SMILES string of the molecule is COc1cccc(/C=C/C(=O)c2c3c(c(OC)c4c2OCO4)C[NH+](C)CC3)c1OC. The van der Waals surface area contributed by atoms with E-state index in [0.717, 1.165) is 36.2 Å². The first kappa shape index (κ1) is 20.1. The van der Waals surface area contributed by atoms with Crippen LogP contribution in [0.4, 0.5) is 0 Å². The Balaban J connectivity index is 1.78. The van der Waals surface area contributed by atoms with Crippen molar-refractivity contribution in [2.24, 2.45) is 0 Å². The Bertz CT molecular complexity index is 1010. The van der Waals surface area contributed by atoms with Crippen LogP contribution in [0.25, 0.3) is 6.08 Å². The number of hydrogen-bond donors (Lipinski definition) is 1. The van der Waals surface area contributed by atoms with Gasteiger partial charge in [-0.05, 0) is 23.8 Å². The summed E-state index contributed by atoms with van der Waals surface area (Å²) in [5, 5.41) is 0. The van der Waals surface area contributed by atoms with Crippen LogP contribution in [0.15, 0.2) is 24.3 Å². The van der Waals surface area contributed by atoms with Crippen LogP contribution in [0.1, 0.15) is 27.0 Å². The van der Waals surface area contributed by atoms with Gasteiger partial charge in [-0.2, -0.15) is 0 Å². The molecule has 0 amide bonds. The summed E-state index contributed by atoms with van der Waals surface area (Å²) in [5.41, 5.74) is 3.31. The summed E-state index contributed by atoms with van der Waals surface area (Å²) in [6.07, 6.45) is 4.06. The van der Waals surface area contributed by atoms with Gasteiger partial charge in [-0.15, -0.1) is 0 Å². The second-order valence-corrected chi connectivity index (χ2v) is 7.34. The molecule has 0 saturated heterocycles. The van der Waals surface area contributed by atoms with Gasteiger partial charge in [-0.1, -0.05) is 12.1 Å². The first-order valence-corrected chi connectivity index (χ1v) is 9.85. The van der Waals surface area contributed by atoms with Gasteiger partial charge in [0, 0.05) is 12.0 Å². The Morgan fingerprint density at radius 2 is 1.80 bits per heavy atom. The van der Waals surface area contributed by atoms with E-state index in [1.54, 1.807) is 33.5 Å². The molecule has 2 aromatic carbocycles. The van der Waals surface area contributed by atoms with E-state index in [-0.39, 0.29) is 12.6 Å². The van der Waals surface area contributed by atoms with Gasteiger partial charge in [0.05, 0.1) is 46.0 Å². The molecular weight excluding hydrogens is 386 g/mol. The third-order valence-corrected chi connectivity index (χ3v) is 5.56. The van der Waals surface area contributed by atoms with Gasteiger partial charge in [-0.3, -0.25) is 4.79 Å². The lowest BCUT2D eigenvalue weighted by atomic mass is 9.90. The van der Waals surface area contributed by atoms with Crippen LogP contribution in [0, 0.1) is 0 Å². The lowest BCUT2D eigenvalue weighted by Gasteiger charge is -2.26. The number of para-hydroxylation sites is 1. The summed E-state index contributed by atoms with van der Waals surface area (Å²) >= 11 is 0. The topological polar surface area (TPSA) is 67.7 Å². The Morgan fingerprint density at radius 1 is 1.03 bits per heavy atom. The van der Waals surface area contributed by atoms with Gasteiger partial charge in [0.25, 0.3) is 0 Å². The number of hydrogen-bond acceptors (Lipinski definition) is 6. The summed E-state index contributed by atoms with van der Waals surface area (Å²) in [4.78, 5) is 14.7. The number of quaternary nitrogens is 1. The van der Waals surface area contributed by atoms with Crippen LogP contribution in [0.2, 0.25) is 0 Å². The molecule has 0 aliphatic carbocycles. The Morgan fingerprint density at radius 3 is 2.53 bits per heavy atom. The van der Waals surface area contributed by atoms with E-state index < -0.39 is 0 Å². The Kier molecular flexibility index (Phi) is 5.55. The van der Waals surface area contributed by atoms with Crippen LogP contribution < -0.4 is 28.6 Å². The van der Waals surface area contributed by atoms with Crippen molar-refractivity contribution in [2.45, 2.75) is 13.0 Å². The van der Waals surface area contributed by atoms with Crippen molar-refractivity contribution in [3.8, 4) is 28.7 Å². The lowest BCUT2D eigenvalue weighted by Crippen LogP contribution is -3.08. The third-order valence-electron chi connectivity index (χ3n) is 5.56. The Hall–Kier alpha value is -3.19. The molecule has 0 aromatic heterocycles. The number of ether oxygens (including phenoxy) is 5. The van der Waals surface area contributed by atoms with Crippen molar-refractivity contribution < 1.29 is 33.4 Å². The molecule has 2 aliphatic rings. The van der Waals surface area contributed by atoms with Crippen molar-refractivity contribution in [3.05, 3.63) is 46.5 Å². The molecule has 4 rings (SSSR count). The van der Waals surface area contributed by atoms with Crippen LogP contribution in [0.5, 0.6) is 28.7 Å². The van der Waals surface area contributed by atoms with Gasteiger partial charge in [-0.25, -0.2) is 0 Å². The number of fused-ring (bicyclic) bond motifs is 2. The molecule has 1 unspecified atom stereocenters. The smallest absolute Gasteiger partial charge is 0.231 e. The highest BCUT2D eigenvalue weighted by molar-refractivity contribution is 6.11. The van der Waals surface area contributed by atoms with Crippen molar-refractivity contribution in [2.75, 3.05) is 41.7 Å². The van der Waals surface area contributed by atoms with E-state index in [1.807, 2.05) is 18.2 Å². The number of benzene rings is 2. The molecule has 0 fully saturated rings. The normalized spacial score (nSPS) is 17.0. The molecule has 7 nitrogen and oxygen atoms in total. The van der Waals surface area contributed by atoms with E-state index in [2.05, 4.69) is 7.05 Å². The number of likely N-dealkylation sites (N-methyl/N-ethyl adjacent to an activating group) is 1. The van der Waals surface area contributed by atoms with Gasteiger partial charge in [0.1, 0.15) is 6.54 Å². The molecule has 0 radical (unpaired) electrons. The maximum atomic E-state index is 13.3. The van der Waals surface area contributed by atoms with Gasteiger partial charge < -0.3 is 28.6 Å². The first-order valence-electron chi connectivity index (χ1n) is 9.85. The molecule has 0 spiro atoms. The number of rotatable bonds is 6. The monoisotopic (exact) mass is 412 g/mol. The maximum absolute atomic E-state index is 13.3. The summed E-state index contributed by atoms with van der Waals surface area (Å²) in [5.74, 6) is 2.71. The third kappa shape index (κ3) is 3.35. The minimum absolute atomic E-state index is 0.0744. The number of methoxy groups -OCH3 is 3. The van der Waals surface area contributed by atoms with E-state index >= 15 is 0 Å². The van der Waals surface area contributed by atoms with E-state index in [0.29, 0.717) is 34.3 Å². The van der Waals surface area contributed by atoms with E-state index in [1.165, 1.54) is 4.90 Å². The van der Waals surface area contributed by atoms with Crippen molar-refractivity contribution in [3.63, 3.8) is 0 Å². The first-order chi connectivity index (χ1) is 14.6. The van der Waals surface area contributed by atoms with Crippen LogP contribution in [-0.4, -0.2) is 47.5 Å². The molecule has 0 bridgehead atoms. The number of carbonyl (C=O) groups is 1. The highest BCUT2D eigenvalue weighted by atomic mass is 16.7. The summed E-state index contributed by atoms with van der Waals surface area (Å²) < 4.78 is 27.8. The summed E-state index contributed by atoms with van der Waals surface area (Å²) in [6, 6.07) is 5.54. The molecular formula is C23H26NO6+. The predicted molar refractivity (Wildman–Crippen MR) is 111 cm³/mol. The van der Waals surface area contributed by atoms with Gasteiger partial charge in [0.15, 0.2) is 28.8 Å². The standard InChI is InChI=1S/C23H25NO6/c1-24-11-10-15-16(12-24)21(28-4)23-22(29-13-30-23)19(15)17(25)9-8-14-6-5-7-18(26-2)20(14)27-3/h5-9H,10-13H2,1-4H3/p+1/b9-8+. The van der Waals surface area contributed by atoms with Crippen LogP contribution in [0.3, 0.4) is 0 Å². The average molecular weight is 412 g/mol. The number of ketones is 1. The maximum Gasteiger partial charge on any atom is 0.231 e. The summed E-state index contributed by atoms with van der Waals surface area (Å²) in [6.45, 7) is 1.78. The zero-order valence-electron chi connectivity index (χ0n) is 17.7. The number of nitrogens with one attached hydrogen (secondary N) is 1. The van der Waals surface area contributed by atoms with E-state index in [9.17, 15) is 4.79 Å². The Labute approximate surface area is 175 Å². The molecule has 7 heteroatoms. The fourth-order valence-electron chi connectivity index (χ4n) is 4.15. The van der Waals surface area contributed by atoms with Crippen LogP contribution in [-0.2, 0) is 13.0 Å². The van der Waals surface area contributed by atoms with Gasteiger partial charge >= 0.3 is 0 Å². The average Bonchev–Trinajstić information content (AvgIpc) is 3.24. The second kappa shape index (κ2) is 8.28. The minimum atomic E-state index is -0.139. The number of allylic oxidation sites excluding steroid dienone is 1. The van der Waals surface area contributed by atoms with E-state index in [4.69, 9.17) is 23.7 Å². The molecule has 2 aromatic rings.